The number of thiophene rings is 1. The van der Waals surface area contributed by atoms with E-state index in [1.165, 1.54) is 41.8 Å². The highest BCUT2D eigenvalue weighted by Gasteiger charge is 2.34. The lowest BCUT2D eigenvalue weighted by molar-refractivity contribution is 0.0746. The highest BCUT2D eigenvalue weighted by molar-refractivity contribution is 9.10. The molecule has 1 aromatic rings. The van der Waals surface area contributed by atoms with Crippen LogP contribution in [0.1, 0.15) is 23.8 Å². The van der Waals surface area contributed by atoms with E-state index in [4.69, 9.17) is 5.73 Å². The molecule has 1 aromatic heterocycles. The number of piperazine rings is 1. The van der Waals surface area contributed by atoms with Gasteiger partial charge in [0.2, 0.25) is 0 Å². The number of rotatable bonds is 3. The van der Waals surface area contributed by atoms with Crippen molar-refractivity contribution in [3.63, 3.8) is 0 Å². The third-order valence-electron chi connectivity index (χ3n) is 4.23. The summed E-state index contributed by atoms with van der Waals surface area (Å²) in [6, 6.07) is 3.29. The van der Waals surface area contributed by atoms with Crippen molar-refractivity contribution >= 4 is 27.3 Å². The van der Waals surface area contributed by atoms with Crippen molar-refractivity contribution in [3.8, 4) is 0 Å². The van der Waals surface area contributed by atoms with Crippen molar-refractivity contribution in [3.05, 3.63) is 20.8 Å². The summed E-state index contributed by atoms with van der Waals surface area (Å²) in [5.41, 5.74) is 6.03. The fraction of sp³-hybridized carbons (Fsp3) is 0.692. The molecule has 2 atom stereocenters. The van der Waals surface area contributed by atoms with Crippen LogP contribution in [0.4, 0.5) is 0 Å². The Kier molecular flexibility index (Phi) is 4.06. The Morgan fingerprint density at radius 3 is 3.06 bits per heavy atom. The summed E-state index contributed by atoms with van der Waals surface area (Å²) >= 11 is 5.47. The largest absolute Gasteiger partial charge is 0.329 e. The molecule has 3 heterocycles. The minimum Gasteiger partial charge on any atom is -0.329 e. The summed E-state index contributed by atoms with van der Waals surface area (Å²) < 4.78 is 1.22. The topological polar surface area (TPSA) is 32.5 Å². The van der Waals surface area contributed by atoms with E-state index in [1.807, 2.05) is 11.3 Å². The zero-order valence-electron chi connectivity index (χ0n) is 10.5. The van der Waals surface area contributed by atoms with Gasteiger partial charge in [0.05, 0.1) is 6.04 Å². The van der Waals surface area contributed by atoms with Crippen LogP contribution in [0.2, 0.25) is 0 Å². The number of nitrogens with zero attached hydrogens (tertiary/aromatic N) is 2. The van der Waals surface area contributed by atoms with Crippen LogP contribution in [0.15, 0.2) is 15.9 Å². The van der Waals surface area contributed by atoms with Gasteiger partial charge in [-0.2, -0.15) is 0 Å². The molecule has 0 saturated carbocycles. The Balaban J connectivity index is 1.74. The summed E-state index contributed by atoms with van der Waals surface area (Å²) in [6.07, 6.45) is 2.73. The molecule has 2 fully saturated rings. The summed E-state index contributed by atoms with van der Waals surface area (Å²) in [5, 5.41) is 2.15. The Morgan fingerprint density at radius 1 is 1.44 bits per heavy atom. The van der Waals surface area contributed by atoms with E-state index < -0.39 is 0 Å². The lowest BCUT2D eigenvalue weighted by Gasteiger charge is -2.41. The van der Waals surface area contributed by atoms with Crippen LogP contribution in [0.3, 0.4) is 0 Å². The van der Waals surface area contributed by atoms with Crippen LogP contribution in [0.5, 0.6) is 0 Å². The number of halogens is 1. The molecule has 3 nitrogen and oxygen atoms in total. The average Bonchev–Trinajstić information content (AvgIpc) is 2.99. The molecule has 2 unspecified atom stereocenters. The average molecular weight is 330 g/mol. The van der Waals surface area contributed by atoms with Gasteiger partial charge in [-0.3, -0.25) is 9.80 Å². The minimum absolute atomic E-state index is 0.391. The SMILES string of the molecule is NCC(c1sccc1Br)N1CCN2CCCC2C1. The first kappa shape index (κ1) is 13.1. The monoisotopic (exact) mass is 329 g/mol. The van der Waals surface area contributed by atoms with Gasteiger partial charge < -0.3 is 5.73 Å². The van der Waals surface area contributed by atoms with E-state index in [9.17, 15) is 0 Å². The normalized spacial score (nSPS) is 27.3. The summed E-state index contributed by atoms with van der Waals surface area (Å²) in [7, 11) is 0. The van der Waals surface area contributed by atoms with E-state index in [1.54, 1.807) is 0 Å². The fourth-order valence-corrected chi connectivity index (χ4v) is 5.05. The molecule has 2 aliphatic heterocycles. The standard InChI is InChI=1S/C13H20BrN3S/c14-11-3-7-18-13(11)12(8-15)17-6-5-16-4-1-2-10(16)9-17/h3,7,10,12H,1-2,4-6,8-9,15H2. The Bertz CT molecular complexity index is 409. The predicted molar refractivity (Wildman–Crippen MR) is 80.0 cm³/mol. The molecule has 0 aliphatic carbocycles. The predicted octanol–water partition coefficient (Wildman–Crippen LogP) is 2.29. The maximum atomic E-state index is 6.03. The van der Waals surface area contributed by atoms with E-state index in [0.717, 1.165) is 12.6 Å². The van der Waals surface area contributed by atoms with Crippen molar-refractivity contribution < 1.29 is 0 Å². The quantitative estimate of drug-likeness (QED) is 0.923. The van der Waals surface area contributed by atoms with Crippen molar-refractivity contribution in [2.75, 3.05) is 32.7 Å². The number of nitrogens with two attached hydrogens (primary N) is 1. The van der Waals surface area contributed by atoms with Gasteiger partial charge in [0, 0.05) is 41.6 Å². The molecule has 100 valence electrons. The van der Waals surface area contributed by atoms with E-state index in [-0.39, 0.29) is 0 Å². The number of hydrogen-bond donors (Lipinski definition) is 1. The highest BCUT2D eigenvalue weighted by Crippen LogP contribution is 2.34. The molecule has 5 heteroatoms. The van der Waals surface area contributed by atoms with Gasteiger partial charge in [-0.15, -0.1) is 11.3 Å². The van der Waals surface area contributed by atoms with Gasteiger partial charge in [0.25, 0.3) is 0 Å². The van der Waals surface area contributed by atoms with Crippen LogP contribution >= 0.6 is 27.3 Å². The van der Waals surface area contributed by atoms with E-state index in [0.29, 0.717) is 12.6 Å². The zero-order chi connectivity index (χ0) is 12.5. The summed E-state index contributed by atoms with van der Waals surface area (Å²) in [5.74, 6) is 0. The second-order valence-electron chi connectivity index (χ2n) is 5.21. The smallest absolute Gasteiger partial charge is 0.0576 e. The van der Waals surface area contributed by atoms with Gasteiger partial charge in [-0.05, 0) is 46.8 Å². The van der Waals surface area contributed by atoms with Crippen molar-refractivity contribution in [1.29, 1.82) is 0 Å². The second kappa shape index (κ2) is 5.59. The first-order valence-corrected chi connectivity index (χ1v) is 8.38. The summed E-state index contributed by atoms with van der Waals surface area (Å²) in [4.78, 5) is 6.63. The molecule has 0 radical (unpaired) electrons. The van der Waals surface area contributed by atoms with Gasteiger partial charge in [0.1, 0.15) is 0 Å². The number of hydrogen-bond acceptors (Lipinski definition) is 4. The maximum absolute atomic E-state index is 6.03. The number of fused-ring (bicyclic) bond motifs is 1. The Labute approximate surface area is 121 Å². The summed E-state index contributed by atoms with van der Waals surface area (Å²) in [6.45, 7) is 5.57. The lowest BCUT2D eigenvalue weighted by atomic mass is 10.1. The fourth-order valence-electron chi connectivity index (χ4n) is 3.26. The first-order valence-electron chi connectivity index (χ1n) is 6.70. The molecule has 0 aromatic carbocycles. The second-order valence-corrected chi connectivity index (χ2v) is 7.01. The molecule has 2 aliphatic rings. The highest BCUT2D eigenvalue weighted by atomic mass is 79.9. The van der Waals surface area contributed by atoms with Gasteiger partial charge >= 0.3 is 0 Å². The van der Waals surface area contributed by atoms with Crippen LogP contribution in [0, 0.1) is 0 Å². The van der Waals surface area contributed by atoms with Crippen LogP contribution < -0.4 is 5.73 Å². The van der Waals surface area contributed by atoms with Crippen molar-refractivity contribution in [2.24, 2.45) is 5.73 Å². The molecule has 2 saturated heterocycles. The molecule has 0 amide bonds. The van der Waals surface area contributed by atoms with Crippen molar-refractivity contribution in [1.82, 2.24) is 9.80 Å². The Morgan fingerprint density at radius 2 is 2.33 bits per heavy atom. The molecular formula is C13H20BrN3S. The molecule has 18 heavy (non-hydrogen) atoms. The third-order valence-corrected chi connectivity index (χ3v) is 6.20. The Hall–Kier alpha value is 0.0600. The van der Waals surface area contributed by atoms with Gasteiger partial charge in [0.15, 0.2) is 0 Å². The van der Waals surface area contributed by atoms with Gasteiger partial charge in [-0.25, -0.2) is 0 Å². The van der Waals surface area contributed by atoms with Gasteiger partial charge in [-0.1, -0.05) is 0 Å². The molecule has 2 N–H and O–H groups in total. The molecular weight excluding hydrogens is 310 g/mol. The van der Waals surface area contributed by atoms with Crippen LogP contribution in [-0.2, 0) is 0 Å². The molecule has 0 spiro atoms. The lowest BCUT2D eigenvalue weighted by Crippen LogP contribution is -2.52. The van der Waals surface area contributed by atoms with Crippen molar-refractivity contribution in [2.45, 2.75) is 24.9 Å². The third kappa shape index (κ3) is 2.39. The van der Waals surface area contributed by atoms with E-state index in [2.05, 4.69) is 37.2 Å². The molecule has 3 rings (SSSR count). The minimum atomic E-state index is 0.391. The van der Waals surface area contributed by atoms with Crippen LogP contribution in [-0.4, -0.2) is 48.6 Å². The maximum Gasteiger partial charge on any atom is 0.0576 e. The first-order chi connectivity index (χ1) is 8.79. The van der Waals surface area contributed by atoms with E-state index >= 15 is 0 Å². The zero-order valence-corrected chi connectivity index (χ0v) is 12.9. The molecule has 0 bridgehead atoms. The van der Waals surface area contributed by atoms with Crippen LogP contribution in [0.25, 0.3) is 0 Å².